The van der Waals surface area contributed by atoms with Gasteiger partial charge in [0.2, 0.25) is 0 Å². The van der Waals surface area contributed by atoms with Crippen LogP contribution in [0, 0.1) is 0 Å². The van der Waals surface area contributed by atoms with E-state index in [4.69, 9.17) is 0 Å². The summed E-state index contributed by atoms with van der Waals surface area (Å²) in [5.41, 5.74) is 2.98. The summed E-state index contributed by atoms with van der Waals surface area (Å²) in [5.74, 6) is -0.0386. The first kappa shape index (κ1) is 20.2. The predicted molar refractivity (Wildman–Crippen MR) is 123 cm³/mol. The van der Waals surface area contributed by atoms with Crippen LogP contribution in [0.25, 0.3) is 22.0 Å². The Balaban J connectivity index is 1.44. The van der Waals surface area contributed by atoms with Gasteiger partial charge in [0.25, 0.3) is 11.5 Å². The molecule has 4 aromatic rings. The summed E-state index contributed by atoms with van der Waals surface area (Å²) in [6.45, 7) is 0.321. The van der Waals surface area contributed by atoms with E-state index in [0.29, 0.717) is 17.5 Å². The van der Waals surface area contributed by atoms with Gasteiger partial charge in [0, 0.05) is 35.8 Å². The number of aryl methyl sites for hydroxylation is 1. The van der Waals surface area contributed by atoms with Crippen molar-refractivity contribution in [2.75, 3.05) is 0 Å². The minimum absolute atomic E-state index is 0.0386. The molecule has 0 aliphatic heterocycles. The lowest BCUT2D eigenvalue weighted by molar-refractivity contribution is 0.0938. The van der Waals surface area contributed by atoms with Crippen molar-refractivity contribution in [3.05, 3.63) is 82.4 Å². The van der Waals surface area contributed by atoms with Crippen LogP contribution in [0.5, 0.6) is 0 Å². The highest BCUT2D eigenvalue weighted by molar-refractivity contribution is 5.94. The molecule has 1 aliphatic carbocycles. The highest BCUT2D eigenvalue weighted by atomic mass is 16.1. The Morgan fingerprint density at radius 1 is 1.06 bits per heavy atom. The number of hydrogen-bond donors (Lipinski definition) is 1. The highest BCUT2D eigenvalue weighted by Gasteiger charge is 2.18. The minimum Gasteiger partial charge on any atom is -0.349 e. The molecule has 7 heteroatoms. The van der Waals surface area contributed by atoms with Gasteiger partial charge in [-0.1, -0.05) is 43.2 Å². The van der Waals surface area contributed by atoms with E-state index < -0.39 is 0 Å². The number of carbonyl (C=O) groups excluding carboxylic acids is 1. The first-order valence-corrected chi connectivity index (χ1v) is 11.0. The number of nitrogens with one attached hydrogen (secondary N) is 1. The fourth-order valence-corrected chi connectivity index (χ4v) is 4.37. The zero-order chi connectivity index (χ0) is 22.1. The molecular weight excluding hydrogens is 402 g/mol. The van der Waals surface area contributed by atoms with E-state index in [2.05, 4.69) is 15.5 Å². The van der Waals surface area contributed by atoms with Gasteiger partial charge >= 0.3 is 0 Å². The molecule has 1 N–H and O–H groups in total. The average molecular weight is 428 g/mol. The molecule has 1 aliphatic rings. The average Bonchev–Trinajstić information content (AvgIpc) is 3.48. The highest BCUT2D eigenvalue weighted by Crippen LogP contribution is 2.24. The fraction of sp³-hybridized carbons (Fsp3) is 0.280. The van der Waals surface area contributed by atoms with Gasteiger partial charge in [-0.25, -0.2) is 4.68 Å². The van der Waals surface area contributed by atoms with Gasteiger partial charge in [-0.3, -0.25) is 14.3 Å². The van der Waals surface area contributed by atoms with Crippen LogP contribution in [0.4, 0.5) is 0 Å². The third-order valence-electron chi connectivity index (χ3n) is 6.08. The number of hydrogen-bond acceptors (Lipinski definition) is 4. The molecule has 1 amide bonds. The molecule has 2 aromatic carbocycles. The Labute approximate surface area is 185 Å². The van der Waals surface area contributed by atoms with Gasteiger partial charge in [-0.2, -0.15) is 10.2 Å². The van der Waals surface area contributed by atoms with E-state index >= 15 is 0 Å². The van der Waals surface area contributed by atoms with E-state index in [1.54, 1.807) is 10.9 Å². The summed E-state index contributed by atoms with van der Waals surface area (Å²) in [6.07, 6.45) is 8.11. The van der Waals surface area contributed by atoms with Crippen molar-refractivity contribution in [3.63, 3.8) is 0 Å². The summed E-state index contributed by atoms with van der Waals surface area (Å²) < 4.78 is 3.20. The maximum Gasteiger partial charge on any atom is 0.274 e. The van der Waals surface area contributed by atoms with Crippen molar-refractivity contribution >= 4 is 16.7 Å². The fourth-order valence-electron chi connectivity index (χ4n) is 4.37. The number of aromatic nitrogens is 4. The number of nitrogens with zero attached hydrogens (tertiary/aromatic N) is 4. The van der Waals surface area contributed by atoms with Gasteiger partial charge in [0.05, 0.1) is 18.1 Å². The van der Waals surface area contributed by atoms with Crippen LogP contribution < -0.4 is 10.9 Å². The predicted octanol–water partition coefficient (Wildman–Crippen LogP) is 3.52. The maximum atomic E-state index is 13.1. The third-order valence-corrected chi connectivity index (χ3v) is 6.08. The molecule has 0 atom stereocenters. The topological polar surface area (TPSA) is 81.8 Å². The number of amides is 1. The van der Waals surface area contributed by atoms with E-state index in [9.17, 15) is 9.59 Å². The molecule has 0 unspecified atom stereocenters. The molecule has 2 aromatic heterocycles. The van der Waals surface area contributed by atoms with E-state index in [-0.39, 0.29) is 17.5 Å². The first-order valence-electron chi connectivity index (χ1n) is 11.0. The van der Waals surface area contributed by atoms with Crippen LogP contribution >= 0.6 is 0 Å². The van der Waals surface area contributed by atoms with E-state index in [0.717, 1.165) is 35.0 Å². The lowest BCUT2D eigenvalue weighted by Crippen LogP contribution is -2.32. The zero-order valence-electron chi connectivity index (χ0n) is 18.0. The molecule has 0 bridgehead atoms. The standard InChI is InChI=1S/C25H25N5O2/c1-29-16-19(14-26-29)23-21-8-4-5-9-22(21)25(32)30(28-23)15-17-10-12-18(13-11-17)24(31)27-20-6-2-3-7-20/h4-5,8-14,16,20H,2-3,6-7,15H2,1H3,(H,27,31). The molecule has 2 heterocycles. The number of benzene rings is 2. The first-order chi connectivity index (χ1) is 15.6. The van der Waals surface area contributed by atoms with Crippen molar-refractivity contribution in [1.29, 1.82) is 0 Å². The van der Waals surface area contributed by atoms with Crippen LogP contribution in [0.15, 0.2) is 65.7 Å². The Morgan fingerprint density at radius 3 is 2.47 bits per heavy atom. The Bertz CT molecular complexity index is 1330. The van der Waals surface area contributed by atoms with Crippen molar-refractivity contribution < 1.29 is 4.79 Å². The normalized spacial score (nSPS) is 14.2. The molecular formula is C25H25N5O2. The number of rotatable bonds is 5. The molecule has 0 spiro atoms. The second-order valence-corrected chi connectivity index (χ2v) is 8.41. The SMILES string of the molecule is Cn1cc(-c2nn(Cc3ccc(C(=O)NC4CCCC4)cc3)c(=O)c3ccccc23)cn1. The second-order valence-electron chi connectivity index (χ2n) is 8.41. The van der Waals surface area contributed by atoms with Gasteiger partial charge in [0.1, 0.15) is 5.69 Å². The molecule has 0 saturated heterocycles. The maximum absolute atomic E-state index is 13.1. The molecule has 32 heavy (non-hydrogen) atoms. The summed E-state index contributed by atoms with van der Waals surface area (Å²) in [5, 5.41) is 13.5. The van der Waals surface area contributed by atoms with Crippen LogP contribution in [-0.4, -0.2) is 31.5 Å². The molecule has 162 valence electrons. The number of fused-ring (bicyclic) bond motifs is 1. The monoisotopic (exact) mass is 427 g/mol. The smallest absolute Gasteiger partial charge is 0.274 e. The largest absolute Gasteiger partial charge is 0.349 e. The van der Waals surface area contributed by atoms with Crippen LogP contribution in [0.2, 0.25) is 0 Å². The summed E-state index contributed by atoms with van der Waals surface area (Å²) in [7, 11) is 1.85. The van der Waals surface area contributed by atoms with E-state index in [1.807, 2.05) is 61.8 Å². The minimum atomic E-state index is -0.142. The Morgan fingerprint density at radius 2 is 1.78 bits per heavy atom. The van der Waals surface area contributed by atoms with Gasteiger partial charge in [-0.05, 0) is 36.6 Å². The summed E-state index contributed by atoms with van der Waals surface area (Å²) in [4.78, 5) is 25.6. The lowest BCUT2D eigenvalue weighted by atomic mass is 10.1. The quantitative estimate of drug-likeness (QED) is 0.528. The van der Waals surface area contributed by atoms with Crippen LogP contribution in [0.1, 0.15) is 41.6 Å². The Hall–Kier alpha value is -3.74. The van der Waals surface area contributed by atoms with Crippen LogP contribution in [0.3, 0.4) is 0 Å². The molecule has 1 fully saturated rings. The van der Waals surface area contributed by atoms with Crippen molar-refractivity contribution in [3.8, 4) is 11.3 Å². The van der Waals surface area contributed by atoms with E-state index in [1.165, 1.54) is 17.5 Å². The molecule has 1 saturated carbocycles. The Kier molecular flexibility index (Phi) is 5.31. The van der Waals surface area contributed by atoms with Crippen LogP contribution in [-0.2, 0) is 13.6 Å². The van der Waals surface area contributed by atoms with Crippen molar-refractivity contribution in [2.24, 2.45) is 7.05 Å². The van der Waals surface area contributed by atoms with Gasteiger partial charge in [-0.15, -0.1) is 0 Å². The van der Waals surface area contributed by atoms with Crippen molar-refractivity contribution in [1.82, 2.24) is 24.9 Å². The summed E-state index contributed by atoms with van der Waals surface area (Å²) in [6, 6.07) is 15.2. The summed E-state index contributed by atoms with van der Waals surface area (Å²) >= 11 is 0. The molecule has 5 rings (SSSR count). The second kappa shape index (κ2) is 8.42. The number of carbonyl (C=O) groups is 1. The molecule has 7 nitrogen and oxygen atoms in total. The lowest BCUT2D eigenvalue weighted by Gasteiger charge is -2.13. The van der Waals surface area contributed by atoms with Gasteiger partial charge < -0.3 is 5.32 Å². The molecule has 0 radical (unpaired) electrons. The van der Waals surface area contributed by atoms with Gasteiger partial charge in [0.15, 0.2) is 0 Å². The zero-order valence-corrected chi connectivity index (χ0v) is 18.0. The van der Waals surface area contributed by atoms with Crippen molar-refractivity contribution in [2.45, 2.75) is 38.3 Å². The third kappa shape index (κ3) is 3.93.